The lowest BCUT2D eigenvalue weighted by molar-refractivity contribution is 0.447. The molecule has 0 radical (unpaired) electrons. The van der Waals surface area contributed by atoms with Gasteiger partial charge in [0, 0.05) is 12.4 Å². The lowest BCUT2D eigenvalue weighted by Gasteiger charge is -1.99. The number of hydrogen-bond donors (Lipinski definition) is 1. The maximum Gasteiger partial charge on any atom is 0.208 e. The molecule has 0 aromatic carbocycles. The summed E-state index contributed by atoms with van der Waals surface area (Å²) in [5, 5.41) is 3.18. The minimum atomic E-state index is 0.590. The maximum atomic E-state index is 5.44. The first-order valence-electron chi connectivity index (χ1n) is 5.15. The van der Waals surface area contributed by atoms with Crippen molar-refractivity contribution in [3.8, 4) is 0 Å². The van der Waals surface area contributed by atoms with Gasteiger partial charge in [0.15, 0.2) is 0 Å². The zero-order chi connectivity index (χ0) is 11.4. The Hall–Kier alpha value is -1.75. The minimum absolute atomic E-state index is 0.590. The molecule has 2 aromatic heterocycles. The molecule has 5 heteroatoms. The summed E-state index contributed by atoms with van der Waals surface area (Å²) in [6, 6.07) is 1.80. The first kappa shape index (κ1) is 10.8. The van der Waals surface area contributed by atoms with Gasteiger partial charge in [-0.15, -0.1) is 0 Å². The van der Waals surface area contributed by atoms with Crippen LogP contribution in [0.15, 0.2) is 22.9 Å². The van der Waals surface area contributed by atoms with Crippen molar-refractivity contribution in [2.45, 2.75) is 26.9 Å². The van der Waals surface area contributed by atoms with E-state index in [0.717, 1.165) is 17.3 Å². The molecule has 84 valence electrons. The highest BCUT2D eigenvalue weighted by molar-refractivity contribution is 5.05. The van der Waals surface area contributed by atoms with Gasteiger partial charge < -0.3 is 9.73 Å². The van der Waals surface area contributed by atoms with E-state index < -0.39 is 0 Å². The smallest absolute Gasteiger partial charge is 0.208 e. The summed E-state index contributed by atoms with van der Waals surface area (Å²) in [6.07, 6.45) is 3.45. The third-order valence-corrected chi connectivity index (χ3v) is 2.25. The van der Waals surface area contributed by atoms with Crippen molar-refractivity contribution in [2.75, 3.05) is 0 Å². The van der Waals surface area contributed by atoms with Gasteiger partial charge in [-0.25, -0.2) is 15.0 Å². The van der Waals surface area contributed by atoms with Gasteiger partial charge in [0.1, 0.15) is 11.6 Å². The standard InChI is InChI=1S/C11H14N4O/c1-8-9(2)16-11(15-8)7-12-6-10-13-4-3-5-14-10/h3-5,12H,6-7H2,1-2H3. The third-order valence-electron chi connectivity index (χ3n) is 2.25. The fourth-order valence-electron chi connectivity index (χ4n) is 1.32. The van der Waals surface area contributed by atoms with Crippen LogP contribution in [0.3, 0.4) is 0 Å². The van der Waals surface area contributed by atoms with Gasteiger partial charge in [0.2, 0.25) is 5.89 Å². The maximum absolute atomic E-state index is 5.44. The molecule has 2 rings (SSSR count). The van der Waals surface area contributed by atoms with Gasteiger partial charge in [0.25, 0.3) is 0 Å². The zero-order valence-electron chi connectivity index (χ0n) is 9.40. The van der Waals surface area contributed by atoms with Crippen LogP contribution in [0.5, 0.6) is 0 Å². The number of nitrogens with zero attached hydrogens (tertiary/aromatic N) is 3. The SMILES string of the molecule is Cc1nc(CNCc2ncccn2)oc1C. The molecule has 0 aliphatic rings. The molecular weight excluding hydrogens is 204 g/mol. The van der Waals surface area contributed by atoms with E-state index in [1.807, 2.05) is 13.8 Å². The van der Waals surface area contributed by atoms with Crippen LogP contribution in [0.25, 0.3) is 0 Å². The number of aromatic nitrogens is 3. The van der Waals surface area contributed by atoms with Crippen LogP contribution >= 0.6 is 0 Å². The van der Waals surface area contributed by atoms with E-state index in [2.05, 4.69) is 20.3 Å². The van der Waals surface area contributed by atoms with E-state index in [0.29, 0.717) is 19.0 Å². The average molecular weight is 218 g/mol. The fraction of sp³-hybridized carbons (Fsp3) is 0.364. The van der Waals surface area contributed by atoms with Crippen LogP contribution in [0.1, 0.15) is 23.2 Å². The lowest BCUT2D eigenvalue weighted by atomic mass is 10.4. The number of rotatable bonds is 4. The second kappa shape index (κ2) is 4.85. The molecule has 2 aromatic rings. The highest BCUT2D eigenvalue weighted by atomic mass is 16.4. The van der Waals surface area contributed by atoms with Gasteiger partial charge in [-0.1, -0.05) is 0 Å². The second-order valence-corrected chi connectivity index (χ2v) is 3.52. The summed E-state index contributed by atoms with van der Waals surface area (Å²) in [4.78, 5) is 12.5. The Balaban J connectivity index is 1.84. The molecule has 0 aliphatic carbocycles. The summed E-state index contributed by atoms with van der Waals surface area (Å²) in [5.74, 6) is 2.33. The van der Waals surface area contributed by atoms with Crippen LogP contribution in [0.4, 0.5) is 0 Å². The topological polar surface area (TPSA) is 63.8 Å². The van der Waals surface area contributed by atoms with E-state index in [1.54, 1.807) is 18.5 Å². The number of hydrogen-bond acceptors (Lipinski definition) is 5. The van der Waals surface area contributed by atoms with Crippen LogP contribution in [0, 0.1) is 13.8 Å². The number of nitrogens with one attached hydrogen (secondary N) is 1. The van der Waals surface area contributed by atoms with Crippen molar-refractivity contribution in [2.24, 2.45) is 0 Å². The molecule has 5 nitrogen and oxygen atoms in total. The van der Waals surface area contributed by atoms with E-state index >= 15 is 0 Å². The van der Waals surface area contributed by atoms with Crippen LogP contribution in [-0.2, 0) is 13.1 Å². The van der Waals surface area contributed by atoms with Crippen LogP contribution in [-0.4, -0.2) is 15.0 Å². The minimum Gasteiger partial charge on any atom is -0.444 e. The Morgan fingerprint density at radius 1 is 1.19 bits per heavy atom. The van der Waals surface area contributed by atoms with Gasteiger partial charge in [-0.2, -0.15) is 0 Å². The molecule has 0 amide bonds. The van der Waals surface area contributed by atoms with E-state index in [4.69, 9.17) is 4.42 Å². The molecule has 0 saturated carbocycles. The number of aryl methyl sites for hydroxylation is 2. The van der Waals surface area contributed by atoms with Crippen molar-refractivity contribution < 1.29 is 4.42 Å². The van der Waals surface area contributed by atoms with Gasteiger partial charge in [-0.05, 0) is 19.9 Å². The highest BCUT2D eigenvalue weighted by Gasteiger charge is 2.04. The Labute approximate surface area is 94.0 Å². The molecule has 1 N–H and O–H groups in total. The molecule has 0 saturated heterocycles. The molecule has 0 aliphatic heterocycles. The molecule has 0 unspecified atom stereocenters. The van der Waals surface area contributed by atoms with Gasteiger partial charge in [0.05, 0.1) is 18.8 Å². The van der Waals surface area contributed by atoms with E-state index in [1.165, 1.54) is 0 Å². The third kappa shape index (κ3) is 2.64. The first-order valence-corrected chi connectivity index (χ1v) is 5.15. The predicted molar refractivity (Wildman–Crippen MR) is 58.6 cm³/mol. The predicted octanol–water partition coefficient (Wildman–Crippen LogP) is 1.37. The van der Waals surface area contributed by atoms with Crippen LogP contribution < -0.4 is 5.32 Å². The molecule has 0 spiro atoms. The lowest BCUT2D eigenvalue weighted by Crippen LogP contribution is -2.14. The molecule has 16 heavy (non-hydrogen) atoms. The summed E-state index contributed by atoms with van der Waals surface area (Å²) in [7, 11) is 0. The summed E-state index contributed by atoms with van der Waals surface area (Å²) in [5.41, 5.74) is 0.938. The zero-order valence-corrected chi connectivity index (χ0v) is 9.40. The molecule has 0 bridgehead atoms. The quantitative estimate of drug-likeness (QED) is 0.839. The first-order chi connectivity index (χ1) is 7.75. The average Bonchev–Trinajstić information content (AvgIpc) is 2.60. The van der Waals surface area contributed by atoms with E-state index in [-0.39, 0.29) is 0 Å². The van der Waals surface area contributed by atoms with Crippen molar-refractivity contribution in [1.29, 1.82) is 0 Å². The fourth-order valence-corrected chi connectivity index (χ4v) is 1.32. The molecule has 0 fully saturated rings. The Kier molecular flexibility index (Phi) is 3.26. The van der Waals surface area contributed by atoms with Crippen molar-refractivity contribution in [3.63, 3.8) is 0 Å². The molecule has 2 heterocycles. The normalized spacial score (nSPS) is 10.6. The summed E-state index contributed by atoms with van der Waals surface area (Å²) in [6.45, 7) is 5.04. The van der Waals surface area contributed by atoms with Gasteiger partial charge >= 0.3 is 0 Å². The Bertz CT molecular complexity index is 433. The Morgan fingerprint density at radius 2 is 1.94 bits per heavy atom. The van der Waals surface area contributed by atoms with Gasteiger partial charge in [-0.3, -0.25) is 0 Å². The van der Waals surface area contributed by atoms with E-state index in [9.17, 15) is 0 Å². The molecular formula is C11H14N4O. The second-order valence-electron chi connectivity index (χ2n) is 3.52. The van der Waals surface area contributed by atoms with Crippen molar-refractivity contribution in [3.05, 3.63) is 41.6 Å². The number of oxazole rings is 1. The summed E-state index contributed by atoms with van der Waals surface area (Å²) < 4.78 is 5.44. The van der Waals surface area contributed by atoms with Crippen molar-refractivity contribution >= 4 is 0 Å². The Morgan fingerprint density at radius 3 is 2.56 bits per heavy atom. The molecule has 0 atom stereocenters. The largest absolute Gasteiger partial charge is 0.444 e. The summed E-state index contributed by atoms with van der Waals surface area (Å²) >= 11 is 0. The highest BCUT2D eigenvalue weighted by Crippen LogP contribution is 2.07. The van der Waals surface area contributed by atoms with Crippen LogP contribution in [0.2, 0.25) is 0 Å². The monoisotopic (exact) mass is 218 g/mol. The van der Waals surface area contributed by atoms with Crippen molar-refractivity contribution in [1.82, 2.24) is 20.3 Å².